The lowest BCUT2D eigenvalue weighted by Gasteiger charge is -2.36. The average molecular weight is 377 g/mol. The molecule has 3 aromatic rings. The van der Waals surface area contributed by atoms with Gasteiger partial charge in [-0.2, -0.15) is 0 Å². The summed E-state index contributed by atoms with van der Waals surface area (Å²) >= 11 is 0. The summed E-state index contributed by atoms with van der Waals surface area (Å²) in [6.45, 7) is 4.23. The van der Waals surface area contributed by atoms with Gasteiger partial charge in [0.15, 0.2) is 0 Å². The molecule has 4 nitrogen and oxygen atoms in total. The van der Waals surface area contributed by atoms with Gasteiger partial charge in [0, 0.05) is 30.8 Å². The van der Waals surface area contributed by atoms with E-state index in [-0.39, 0.29) is 12.6 Å². The Morgan fingerprint density at radius 1 is 0.964 bits per heavy atom. The van der Waals surface area contributed by atoms with E-state index in [0.29, 0.717) is 0 Å². The standard InChI is InChI=1S/C24H27NO3/c1-16-24-21(12-22(27-2)13-23(24)28-3)8-9-25(16)14-17-4-6-20-11-18(15-26)5-7-19(20)10-17/h4-7,10-13,16,26H,8-9,14-15H2,1-3H3. The number of benzene rings is 3. The van der Waals surface area contributed by atoms with Crippen LogP contribution in [0.15, 0.2) is 48.5 Å². The first-order valence-electron chi connectivity index (χ1n) is 9.74. The van der Waals surface area contributed by atoms with Crippen LogP contribution in [0.4, 0.5) is 0 Å². The molecule has 0 radical (unpaired) electrons. The van der Waals surface area contributed by atoms with Crippen molar-refractivity contribution in [2.24, 2.45) is 0 Å². The van der Waals surface area contributed by atoms with Gasteiger partial charge >= 0.3 is 0 Å². The van der Waals surface area contributed by atoms with Crippen LogP contribution >= 0.6 is 0 Å². The Hall–Kier alpha value is -2.56. The first kappa shape index (κ1) is 18.8. The quantitative estimate of drug-likeness (QED) is 0.712. The van der Waals surface area contributed by atoms with Gasteiger partial charge in [0.1, 0.15) is 11.5 Å². The smallest absolute Gasteiger partial charge is 0.127 e. The number of nitrogens with zero attached hydrogens (tertiary/aromatic N) is 1. The SMILES string of the molecule is COc1cc2c(c(OC)c1)C(C)N(Cc1ccc3cc(CO)ccc3c1)CC2. The van der Waals surface area contributed by atoms with Gasteiger partial charge in [-0.15, -0.1) is 0 Å². The van der Waals surface area contributed by atoms with Crippen molar-refractivity contribution in [1.29, 1.82) is 0 Å². The maximum atomic E-state index is 9.33. The first-order chi connectivity index (χ1) is 13.6. The minimum atomic E-state index is 0.0784. The summed E-state index contributed by atoms with van der Waals surface area (Å²) in [7, 11) is 3.42. The third-order valence-corrected chi connectivity index (χ3v) is 5.83. The molecule has 1 atom stereocenters. The number of aliphatic hydroxyl groups excluding tert-OH is 1. The molecule has 0 spiro atoms. The summed E-state index contributed by atoms with van der Waals surface area (Å²) in [4.78, 5) is 2.50. The second kappa shape index (κ2) is 7.82. The minimum absolute atomic E-state index is 0.0784. The van der Waals surface area contributed by atoms with E-state index in [2.05, 4.69) is 48.2 Å². The van der Waals surface area contributed by atoms with E-state index in [4.69, 9.17) is 9.47 Å². The Morgan fingerprint density at radius 3 is 2.36 bits per heavy atom. The summed E-state index contributed by atoms with van der Waals surface area (Å²) in [6, 6.07) is 17.1. The summed E-state index contributed by atoms with van der Waals surface area (Å²) in [6.07, 6.45) is 0.987. The predicted octanol–water partition coefficient (Wildman–Crippen LogP) is 4.47. The Kier molecular flexibility index (Phi) is 5.25. The predicted molar refractivity (Wildman–Crippen MR) is 112 cm³/mol. The van der Waals surface area contributed by atoms with Crippen LogP contribution in [-0.4, -0.2) is 30.8 Å². The Morgan fingerprint density at radius 2 is 1.68 bits per heavy atom. The second-order valence-electron chi connectivity index (χ2n) is 7.47. The maximum Gasteiger partial charge on any atom is 0.127 e. The molecule has 28 heavy (non-hydrogen) atoms. The molecular weight excluding hydrogens is 350 g/mol. The van der Waals surface area contributed by atoms with Crippen LogP contribution in [0.3, 0.4) is 0 Å². The van der Waals surface area contributed by atoms with Gasteiger partial charge < -0.3 is 14.6 Å². The summed E-state index contributed by atoms with van der Waals surface area (Å²) in [5, 5.41) is 11.7. The van der Waals surface area contributed by atoms with Gasteiger partial charge in [0.25, 0.3) is 0 Å². The van der Waals surface area contributed by atoms with Crippen molar-refractivity contribution >= 4 is 10.8 Å². The monoisotopic (exact) mass is 377 g/mol. The number of hydrogen-bond acceptors (Lipinski definition) is 4. The Labute approximate surface area is 166 Å². The summed E-state index contributed by atoms with van der Waals surface area (Å²) in [5.74, 6) is 1.76. The fraction of sp³-hybridized carbons (Fsp3) is 0.333. The molecule has 0 saturated heterocycles. The van der Waals surface area contributed by atoms with E-state index < -0.39 is 0 Å². The van der Waals surface area contributed by atoms with Crippen LogP contribution in [0, 0.1) is 0 Å². The van der Waals surface area contributed by atoms with E-state index in [9.17, 15) is 5.11 Å². The topological polar surface area (TPSA) is 41.9 Å². The molecule has 0 saturated carbocycles. The van der Waals surface area contributed by atoms with E-state index >= 15 is 0 Å². The maximum absolute atomic E-state index is 9.33. The molecule has 0 aromatic heterocycles. The fourth-order valence-corrected chi connectivity index (χ4v) is 4.26. The zero-order valence-corrected chi connectivity index (χ0v) is 16.7. The molecule has 1 N–H and O–H groups in total. The molecule has 3 aromatic carbocycles. The molecule has 1 unspecified atom stereocenters. The number of ether oxygens (including phenoxy) is 2. The van der Waals surface area contributed by atoms with Gasteiger partial charge in [-0.25, -0.2) is 0 Å². The second-order valence-corrected chi connectivity index (χ2v) is 7.47. The highest BCUT2D eigenvalue weighted by molar-refractivity contribution is 5.83. The molecule has 1 aliphatic heterocycles. The molecule has 1 aliphatic rings. The van der Waals surface area contributed by atoms with Crippen molar-refractivity contribution in [2.75, 3.05) is 20.8 Å². The molecule has 4 rings (SSSR count). The van der Waals surface area contributed by atoms with Gasteiger partial charge in [0.2, 0.25) is 0 Å². The van der Waals surface area contributed by atoms with Crippen LogP contribution in [-0.2, 0) is 19.6 Å². The van der Waals surface area contributed by atoms with Crippen LogP contribution in [0.5, 0.6) is 11.5 Å². The number of methoxy groups -OCH3 is 2. The summed E-state index contributed by atoms with van der Waals surface area (Å²) < 4.78 is 11.1. The van der Waals surface area contributed by atoms with Gasteiger partial charge in [-0.1, -0.05) is 24.3 Å². The Bertz CT molecular complexity index is 981. The molecule has 4 heteroatoms. The van der Waals surface area contributed by atoms with E-state index in [1.807, 2.05) is 12.1 Å². The van der Waals surface area contributed by atoms with Crippen molar-refractivity contribution in [1.82, 2.24) is 4.90 Å². The largest absolute Gasteiger partial charge is 0.497 e. The molecule has 146 valence electrons. The third-order valence-electron chi connectivity index (χ3n) is 5.83. The van der Waals surface area contributed by atoms with Gasteiger partial charge in [-0.05, 0) is 59.0 Å². The highest BCUT2D eigenvalue weighted by Gasteiger charge is 2.27. The number of rotatable bonds is 5. The lowest BCUT2D eigenvalue weighted by Crippen LogP contribution is -2.33. The van der Waals surface area contributed by atoms with Crippen LogP contribution in [0.1, 0.15) is 35.2 Å². The Balaban J connectivity index is 1.60. The minimum Gasteiger partial charge on any atom is -0.497 e. The molecule has 0 amide bonds. The number of aliphatic hydroxyl groups is 1. The lowest BCUT2D eigenvalue weighted by atomic mass is 9.91. The van der Waals surface area contributed by atoms with Crippen LogP contribution in [0.25, 0.3) is 10.8 Å². The van der Waals surface area contributed by atoms with Crippen molar-refractivity contribution < 1.29 is 14.6 Å². The third kappa shape index (κ3) is 3.46. The van der Waals surface area contributed by atoms with E-state index in [0.717, 1.165) is 36.6 Å². The molecule has 1 heterocycles. The van der Waals surface area contributed by atoms with Crippen LogP contribution in [0.2, 0.25) is 0 Å². The zero-order valence-electron chi connectivity index (χ0n) is 16.7. The van der Waals surface area contributed by atoms with Crippen LogP contribution < -0.4 is 9.47 Å². The van der Waals surface area contributed by atoms with E-state index in [1.54, 1.807) is 14.2 Å². The van der Waals surface area contributed by atoms with Crippen molar-refractivity contribution in [3.05, 3.63) is 70.8 Å². The highest BCUT2D eigenvalue weighted by atomic mass is 16.5. The summed E-state index contributed by atoms with van der Waals surface area (Å²) in [5.41, 5.74) is 4.83. The average Bonchev–Trinajstić information content (AvgIpc) is 2.74. The molecule has 0 aliphatic carbocycles. The van der Waals surface area contributed by atoms with Crippen molar-refractivity contribution in [3.63, 3.8) is 0 Å². The van der Waals surface area contributed by atoms with E-state index in [1.165, 1.54) is 27.5 Å². The molecular formula is C24H27NO3. The van der Waals surface area contributed by atoms with Crippen molar-refractivity contribution in [3.8, 4) is 11.5 Å². The number of hydrogen-bond donors (Lipinski definition) is 1. The molecule has 0 fully saturated rings. The normalized spacial score (nSPS) is 16.8. The lowest BCUT2D eigenvalue weighted by molar-refractivity contribution is 0.185. The zero-order chi connectivity index (χ0) is 19.7. The fourth-order valence-electron chi connectivity index (χ4n) is 4.26. The highest BCUT2D eigenvalue weighted by Crippen LogP contribution is 2.39. The number of fused-ring (bicyclic) bond motifs is 2. The first-order valence-corrected chi connectivity index (χ1v) is 9.74. The van der Waals surface area contributed by atoms with Crippen molar-refractivity contribution in [2.45, 2.75) is 32.5 Å². The van der Waals surface area contributed by atoms with Gasteiger partial charge in [-0.3, -0.25) is 4.90 Å². The van der Waals surface area contributed by atoms with Gasteiger partial charge in [0.05, 0.1) is 20.8 Å². The molecule has 0 bridgehead atoms.